The molecule has 1 aromatic heterocycles. The number of pyridine rings is 1. The largest absolute Gasteiger partial charge is 0.465 e. The molecule has 0 saturated heterocycles. The van der Waals surface area contributed by atoms with Crippen LogP contribution in [0.25, 0.3) is 0 Å². The number of nitrogens with one attached hydrogen (secondary N) is 2. The van der Waals surface area contributed by atoms with Crippen molar-refractivity contribution in [3.8, 4) is 0 Å². The van der Waals surface area contributed by atoms with Crippen molar-refractivity contribution in [3.05, 3.63) is 72.1 Å². The summed E-state index contributed by atoms with van der Waals surface area (Å²) in [7, 11) is 1.26. The van der Waals surface area contributed by atoms with Gasteiger partial charge in [-0.3, -0.25) is 14.6 Å². The Morgan fingerprint density at radius 1 is 1.20 bits per heavy atom. The Hall–Kier alpha value is -3.48. The maximum Gasteiger partial charge on any atom is 0.339 e. The van der Waals surface area contributed by atoms with Gasteiger partial charge in [0.2, 0.25) is 0 Å². The van der Waals surface area contributed by atoms with Gasteiger partial charge in [-0.25, -0.2) is 4.79 Å². The summed E-state index contributed by atoms with van der Waals surface area (Å²) in [6, 6.07) is 9.31. The summed E-state index contributed by atoms with van der Waals surface area (Å²) < 4.78 is 4.69. The highest BCUT2D eigenvalue weighted by atomic mass is 16.5. The first-order valence-corrected chi connectivity index (χ1v) is 7.40. The highest BCUT2D eigenvalue weighted by Gasteiger charge is 2.16. The van der Waals surface area contributed by atoms with Gasteiger partial charge in [0, 0.05) is 18.3 Å². The number of carbonyl (C=O) groups excluding carboxylic acids is 3. The summed E-state index contributed by atoms with van der Waals surface area (Å²) in [4.78, 5) is 40.0. The van der Waals surface area contributed by atoms with Crippen molar-refractivity contribution < 1.29 is 19.1 Å². The maximum atomic E-state index is 12.4. The van der Waals surface area contributed by atoms with E-state index in [4.69, 9.17) is 0 Å². The van der Waals surface area contributed by atoms with Gasteiger partial charge in [-0.05, 0) is 24.3 Å². The number of esters is 1. The number of anilines is 1. The van der Waals surface area contributed by atoms with Crippen molar-refractivity contribution >= 4 is 23.5 Å². The highest BCUT2D eigenvalue weighted by molar-refractivity contribution is 6.08. The molecule has 0 fully saturated rings. The number of benzene rings is 1. The lowest BCUT2D eigenvalue weighted by Gasteiger charge is -2.10. The molecule has 0 aliphatic carbocycles. The topological polar surface area (TPSA) is 97.4 Å². The number of methoxy groups -OCH3 is 1. The van der Waals surface area contributed by atoms with E-state index in [2.05, 4.69) is 26.9 Å². The Morgan fingerprint density at radius 3 is 2.68 bits per heavy atom. The summed E-state index contributed by atoms with van der Waals surface area (Å²) in [6.07, 6.45) is 2.92. The minimum absolute atomic E-state index is 0.0471. The van der Waals surface area contributed by atoms with Crippen LogP contribution in [-0.2, 0) is 4.74 Å². The van der Waals surface area contributed by atoms with E-state index in [-0.39, 0.29) is 17.2 Å². The lowest BCUT2D eigenvalue weighted by molar-refractivity contribution is 0.0601. The number of carbonyl (C=O) groups is 3. The minimum atomic E-state index is -0.568. The summed E-state index contributed by atoms with van der Waals surface area (Å²) in [5, 5.41) is 5.22. The Bertz CT molecular complexity index is 817. The molecule has 25 heavy (non-hydrogen) atoms. The predicted octanol–water partition coefficient (Wildman–Crippen LogP) is 2.04. The third kappa shape index (κ3) is 4.51. The van der Waals surface area contributed by atoms with Gasteiger partial charge in [0.15, 0.2) is 0 Å². The molecule has 1 aromatic carbocycles. The van der Waals surface area contributed by atoms with Crippen molar-refractivity contribution in [1.82, 2.24) is 10.3 Å². The second-order valence-electron chi connectivity index (χ2n) is 4.92. The summed E-state index contributed by atoms with van der Waals surface area (Å²) >= 11 is 0. The average molecular weight is 339 g/mol. The Balaban J connectivity index is 2.21. The third-order valence-corrected chi connectivity index (χ3v) is 3.24. The van der Waals surface area contributed by atoms with Crippen LogP contribution in [-0.4, -0.2) is 36.4 Å². The molecule has 7 heteroatoms. The number of hydrogen-bond donors (Lipinski definition) is 2. The van der Waals surface area contributed by atoms with Gasteiger partial charge in [-0.15, -0.1) is 6.58 Å². The number of amides is 2. The first-order chi connectivity index (χ1) is 12.1. The molecule has 2 amide bonds. The monoisotopic (exact) mass is 339 g/mol. The van der Waals surface area contributed by atoms with Gasteiger partial charge >= 0.3 is 5.97 Å². The van der Waals surface area contributed by atoms with Gasteiger partial charge in [0.05, 0.1) is 18.4 Å². The third-order valence-electron chi connectivity index (χ3n) is 3.24. The van der Waals surface area contributed by atoms with Crippen LogP contribution >= 0.6 is 0 Å². The molecule has 2 N–H and O–H groups in total. The molecule has 0 saturated carbocycles. The van der Waals surface area contributed by atoms with E-state index in [0.29, 0.717) is 17.8 Å². The van der Waals surface area contributed by atoms with Crippen molar-refractivity contribution in [3.63, 3.8) is 0 Å². The number of para-hydroxylation sites is 1. The summed E-state index contributed by atoms with van der Waals surface area (Å²) in [5.74, 6) is -1.46. The number of nitrogens with zero attached hydrogens (tertiary/aromatic N) is 1. The smallest absolute Gasteiger partial charge is 0.339 e. The van der Waals surface area contributed by atoms with Gasteiger partial charge < -0.3 is 15.4 Å². The minimum Gasteiger partial charge on any atom is -0.465 e. The molecule has 0 aliphatic heterocycles. The number of rotatable bonds is 6. The molecule has 128 valence electrons. The van der Waals surface area contributed by atoms with E-state index in [1.807, 2.05) is 0 Å². The quantitative estimate of drug-likeness (QED) is 0.620. The predicted molar refractivity (Wildman–Crippen MR) is 92.5 cm³/mol. The van der Waals surface area contributed by atoms with Crippen molar-refractivity contribution in [2.75, 3.05) is 19.0 Å². The van der Waals surface area contributed by atoms with Crippen LogP contribution in [0.4, 0.5) is 5.69 Å². The lowest BCUT2D eigenvalue weighted by Crippen LogP contribution is -2.24. The van der Waals surface area contributed by atoms with Crippen LogP contribution in [0, 0.1) is 0 Å². The molecule has 0 bridgehead atoms. The van der Waals surface area contributed by atoms with Crippen LogP contribution in [0.1, 0.15) is 31.2 Å². The first kappa shape index (κ1) is 17.9. The van der Waals surface area contributed by atoms with Crippen molar-refractivity contribution in [2.24, 2.45) is 0 Å². The number of aromatic nitrogens is 1. The summed E-state index contributed by atoms with van der Waals surface area (Å²) in [6.45, 7) is 3.83. The van der Waals surface area contributed by atoms with E-state index >= 15 is 0 Å². The first-order valence-electron chi connectivity index (χ1n) is 7.40. The van der Waals surface area contributed by atoms with E-state index in [1.54, 1.807) is 24.3 Å². The SMILES string of the molecule is C=CCNC(=O)c1ccnc(C(=O)Nc2ccccc2C(=O)OC)c1. The van der Waals surface area contributed by atoms with Crippen molar-refractivity contribution in [1.29, 1.82) is 0 Å². The fourth-order valence-electron chi connectivity index (χ4n) is 2.03. The standard InChI is InChI=1S/C18H17N3O4/c1-3-9-20-16(22)12-8-10-19-15(11-12)17(23)21-14-7-5-4-6-13(14)18(24)25-2/h3-8,10-11H,1,9H2,2H3,(H,20,22)(H,21,23). The Labute approximate surface area is 144 Å². The molecular formula is C18H17N3O4. The lowest BCUT2D eigenvalue weighted by atomic mass is 10.1. The molecule has 0 unspecified atom stereocenters. The van der Waals surface area contributed by atoms with Gasteiger partial charge in [-0.2, -0.15) is 0 Å². The number of ether oxygens (including phenoxy) is 1. The Kier molecular flexibility index (Phi) is 6.00. The molecule has 2 rings (SSSR count). The van der Waals surface area contributed by atoms with Crippen LogP contribution in [0.15, 0.2) is 55.3 Å². The molecule has 0 aliphatic rings. The fourth-order valence-corrected chi connectivity index (χ4v) is 2.03. The van der Waals surface area contributed by atoms with Crippen LogP contribution in [0.3, 0.4) is 0 Å². The summed E-state index contributed by atoms with van der Waals surface area (Å²) in [5.41, 5.74) is 0.857. The van der Waals surface area contributed by atoms with E-state index in [1.165, 1.54) is 31.5 Å². The van der Waals surface area contributed by atoms with Gasteiger partial charge in [0.25, 0.3) is 11.8 Å². The molecule has 0 atom stereocenters. The molecule has 0 spiro atoms. The maximum absolute atomic E-state index is 12.4. The molecule has 0 radical (unpaired) electrons. The zero-order valence-electron chi connectivity index (χ0n) is 13.6. The van der Waals surface area contributed by atoms with Crippen molar-refractivity contribution in [2.45, 2.75) is 0 Å². The van der Waals surface area contributed by atoms with E-state index < -0.39 is 11.9 Å². The fraction of sp³-hybridized carbons (Fsp3) is 0.111. The zero-order valence-corrected chi connectivity index (χ0v) is 13.6. The number of hydrogen-bond acceptors (Lipinski definition) is 5. The highest BCUT2D eigenvalue weighted by Crippen LogP contribution is 2.17. The molecule has 7 nitrogen and oxygen atoms in total. The molecular weight excluding hydrogens is 322 g/mol. The second kappa shape index (κ2) is 8.39. The van der Waals surface area contributed by atoms with E-state index in [0.717, 1.165) is 0 Å². The van der Waals surface area contributed by atoms with Gasteiger partial charge in [0.1, 0.15) is 5.69 Å². The Morgan fingerprint density at radius 2 is 1.96 bits per heavy atom. The van der Waals surface area contributed by atoms with Crippen LogP contribution in [0.2, 0.25) is 0 Å². The molecule has 1 heterocycles. The van der Waals surface area contributed by atoms with Crippen LogP contribution < -0.4 is 10.6 Å². The average Bonchev–Trinajstić information content (AvgIpc) is 2.66. The normalized spacial score (nSPS) is 9.80. The second-order valence-corrected chi connectivity index (χ2v) is 4.92. The molecule has 2 aromatic rings. The zero-order chi connectivity index (χ0) is 18.2. The van der Waals surface area contributed by atoms with Gasteiger partial charge in [-0.1, -0.05) is 18.2 Å². The van der Waals surface area contributed by atoms with E-state index in [9.17, 15) is 14.4 Å². The van der Waals surface area contributed by atoms with Crippen LogP contribution in [0.5, 0.6) is 0 Å².